The molecular formula is C14H19BrN2O3. The molecule has 0 heterocycles. The first kappa shape index (κ1) is 16.5. The van der Waals surface area contributed by atoms with Gasteiger partial charge in [-0.05, 0) is 31.0 Å². The number of benzene rings is 1. The molecule has 1 aromatic carbocycles. The number of anilines is 1. The molecule has 3 N–H and O–H groups in total. The second-order valence-electron chi connectivity index (χ2n) is 4.77. The van der Waals surface area contributed by atoms with Crippen LogP contribution in [0.3, 0.4) is 0 Å². The molecule has 1 rings (SSSR count). The van der Waals surface area contributed by atoms with Gasteiger partial charge in [-0.15, -0.1) is 0 Å². The van der Waals surface area contributed by atoms with Crippen LogP contribution in [0.2, 0.25) is 0 Å². The van der Waals surface area contributed by atoms with Crippen LogP contribution >= 0.6 is 15.9 Å². The molecule has 110 valence electrons. The van der Waals surface area contributed by atoms with Gasteiger partial charge in [0.05, 0.1) is 11.3 Å². The third-order valence-corrected chi connectivity index (χ3v) is 3.81. The quantitative estimate of drug-likeness (QED) is 0.763. The van der Waals surface area contributed by atoms with Crippen molar-refractivity contribution in [3.05, 3.63) is 28.2 Å². The van der Waals surface area contributed by atoms with E-state index in [1.807, 2.05) is 13.8 Å². The zero-order chi connectivity index (χ0) is 15.3. The molecule has 0 bridgehead atoms. The minimum absolute atomic E-state index is 0.0173. The number of carboxylic acid groups (broad SMARTS) is 1. The Kier molecular flexibility index (Phi) is 6.01. The Morgan fingerprint density at radius 3 is 2.55 bits per heavy atom. The number of nitrogens with one attached hydrogen (secondary N) is 2. The number of urea groups is 1. The maximum absolute atomic E-state index is 11.9. The van der Waals surface area contributed by atoms with Crippen LogP contribution in [0, 0.1) is 5.92 Å². The summed E-state index contributed by atoms with van der Waals surface area (Å²) in [7, 11) is 0. The predicted octanol–water partition coefficient (Wildman–Crippen LogP) is 3.70. The zero-order valence-electron chi connectivity index (χ0n) is 11.7. The summed E-state index contributed by atoms with van der Waals surface area (Å²) in [6.07, 6.45) is 0.958. The highest BCUT2D eigenvalue weighted by Crippen LogP contribution is 2.21. The topological polar surface area (TPSA) is 78.4 Å². The molecule has 2 amide bonds. The molecule has 0 fully saturated rings. The van der Waals surface area contributed by atoms with Crippen LogP contribution in [-0.2, 0) is 0 Å². The smallest absolute Gasteiger partial charge is 0.337 e. The Balaban J connectivity index is 2.78. The zero-order valence-corrected chi connectivity index (χ0v) is 13.3. The van der Waals surface area contributed by atoms with Crippen molar-refractivity contribution in [3.8, 4) is 0 Å². The molecule has 5 nitrogen and oxygen atoms in total. The highest BCUT2D eigenvalue weighted by molar-refractivity contribution is 9.10. The lowest BCUT2D eigenvalue weighted by molar-refractivity contribution is 0.0698. The third-order valence-electron chi connectivity index (χ3n) is 3.32. The summed E-state index contributed by atoms with van der Waals surface area (Å²) in [4.78, 5) is 23.0. The van der Waals surface area contributed by atoms with Crippen LogP contribution in [0.1, 0.15) is 37.6 Å². The van der Waals surface area contributed by atoms with Gasteiger partial charge in [0, 0.05) is 10.5 Å². The SMILES string of the molecule is CCC(C)C(C)NC(=O)Nc1ccc(Br)cc1C(=O)O. The van der Waals surface area contributed by atoms with Crippen molar-refractivity contribution in [1.82, 2.24) is 5.32 Å². The van der Waals surface area contributed by atoms with E-state index in [-0.39, 0.29) is 17.3 Å². The van der Waals surface area contributed by atoms with E-state index in [4.69, 9.17) is 5.11 Å². The van der Waals surface area contributed by atoms with E-state index in [1.165, 1.54) is 6.07 Å². The van der Waals surface area contributed by atoms with E-state index >= 15 is 0 Å². The number of amides is 2. The molecule has 2 unspecified atom stereocenters. The second kappa shape index (κ2) is 7.28. The van der Waals surface area contributed by atoms with E-state index in [9.17, 15) is 9.59 Å². The Hall–Kier alpha value is -1.56. The average Bonchev–Trinajstić information content (AvgIpc) is 2.39. The molecule has 0 aliphatic heterocycles. The molecule has 1 aromatic rings. The number of hydrogen-bond acceptors (Lipinski definition) is 2. The number of hydrogen-bond donors (Lipinski definition) is 3. The Labute approximate surface area is 126 Å². The number of carbonyl (C=O) groups is 2. The molecule has 0 radical (unpaired) electrons. The number of carboxylic acids is 1. The van der Waals surface area contributed by atoms with Crippen LogP contribution in [0.25, 0.3) is 0 Å². The lowest BCUT2D eigenvalue weighted by Gasteiger charge is -2.20. The van der Waals surface area contributed by atoms with Gasteiger partial charge in [0.1, 0.15) is 0 Å². The summed E-state index contributed by atoms with van der Waals surface area (Å²) < 4.78 is 0.647. The summed E-state index contributed by atoms with van der Waals surface area (Å²) in [5, 5.41) is 14.5. The van der Waals surface area contributed by atoms with Crippen molar-refractivity contribution in [2.24, 2.45) is 5.92 Å². The molecule has 0 aliphatic carbocycles. The first-order valence-electron chi connectivity index (χ1n) is 6.45. The lowest BCUT2D eigenvalue weighted by Crippen LogP contribution is -2.39. The lowest BCUT2D eigenvalue weighted by atomic mass is 10.0. The number of rotatable bonds is 5. The van der Waals surface area contributed by atoms with Gasteiger partial charge in [-0.1, -0.05) is 36.2 Å². The highest BCUT2D eigenvalue weighted by Gasteiger charge is 2.16. The standard InChI is InChI=1S/C14H19BrN2O3/c1-4-8(2)9(3)16-14(20)17-12-6-5-10(15)7-11(12)13(18)19/h5-9H,4H2,1-3H3,(H,18,19)(H2,16,17,20). The normalized spacial score (nSPS) is 13.4. The van der Waals surface area contributed by atoms with Crippen molar-refractivity contribution in [1.29, 1.82) is 0 Å². The monoisotopic (exact) mass is 342 g/mol. The number of carbonyl (C=O) groups excluding carboxylic acids is 1. The van der Waals surface area contributed by atoms with E-state index in [0.717, 1.165) is 6.42 Å². The summed E-state index contributed by atoms with van der Waals surface area (Å²) in [6, 6.07) is 4.31. The van der Waals surface area contributed by atoms with Gasteiger partial charge in [-0.25, -0.2) is 9.59 Å². The fourth-order valence-electron chi connectivity index (χ4n) is 1.66. The van der Waals surface area contributed by atoms with Gasteiger partial charge < -0.3 is 15.7 Å². The van der Waals surface area contributed by atoms with Gasteiger partial charge in [-0.3, -0.25) is 0 Å². The molecule has 6 heteroatoms. The van der Waals surface area contributed by atoms with E-state index in [1.54, 1.807) is 12.1 Å². The number of halogens is 1. The van der Waals surface area contributed by atoms with Gasteiger partial charge in [0.15, 0.2) is 0 Å². The Morgan fingerprint density at radius 1 is 1.35 bits per heavy atom. The Morgan fingerprint density at radius 2 is 2.00 bits per heavy atom. The fourth-order valence-corrected chi connectivity index (χ4v) is 2.02. The van der Waals surface area contributed by atoms with Gasteiger partial charge in [0.2, 0.25) is 0 Å². The van der Waals surface area contributed by atoms with Crippen LogP contribution < -0.4 is 10.6 Å². The van der Waals surface area contributed by atoms with Crippen molar-refractivity contribution in [2.45, 2.75) is 33.2 Å². The molecule has 0 aliphatic rings. The first-order valence-corrected chi connectivity index (χ1v) is 7.24. The van der Waals surface area contributed by atoms with Crippen LogP contribution in [0.4, 0.5) is 10.5 Å². The van der Waals surface area contributed by atoms with Crippen molar-refractivity contribution in [3.63, 3.8) is 0 Å². The molecule has 0 spiro atoms. The summed E-state index contributed by atoms with van der Waals surface area (Å²) in [5.41, 5.74) is 0.320. The van der Waals surface area contributed by atoms with Crippen molar-refractivity contribution >= 4 is 33.6 Å². The third kappa shape index (κ3) is 4.52. The second-order valence-corrected chi connectivity index (χ2v) is 5.68. The summed E-state index contributed by atoms with van der Waals surface area (Å²) in [6.45, 7) is 6.03. The maximum Gasteiger partial charge on any atom is 0.337 e. The molecule has 0 saturated carbocycles. The summed E-state index contributed by atoms with van der Waals surface area (Å²) >= 11 is 3.21. The maximum atomic E-state index is 11.9. The van der Waals surface area contributed by atoms with Crippen LogP contribution in [0.15, 0.2) is 22.7 Å². The van der Waals surface area contributed by atoms with Gasteiger partial charge in [0.25, 0.3) is 0 Å². The highest BCUT2D eigenvalue weighted by atomic mass is 79.9. The Bertz CT molecular complexity index is 505. The molecule has 20 heavy (non-hydrogen) atoms. The average molecular weight is 343 g/mol. The molecule has 2 atom stereocenters. The van der Waals surface area contributed by atoms with Crippen molar-refractivity contribution < 1.29 is 14.7 Å². The van der Waals surface area contributed by atoms with Crippen molar-refractivity contribution in [2.75, 3.05) is 5.32 Å². The van der Waals surface area contributed by atoms with Crippen LogP contribution in [0.5, 0.6) is 0 Å². The van der Waals surface area contributed by atoms with E-state index in [0.29, 0.717) is 10.4 Å². The van der Waals surface area contributed by atoms with Crippen LogP contribution in [-0.4, -0.2) is 23.1 Å². The molecule has 0 aromatic heterocycles. The van der Waals surface area contributed by atoms with E-state index < -0.39 is 12.0 Å². The first-order chi connectivity index (χ1) is 9.35. The predicted molar refractivity (Wildman–Crippen MR) is 82.2 cm³/mol. The number of aromatic carboxylic acids is 1. The molecular weight excluding hydrogens is 324 g/mol. The van der Waals surface area contributed by atoms with Gasteiger partial charge >= 0.3 is 12.0 Å². The largest absolute Gasteiger partial charge is 0.478 e. The van der Waals surface area contributed by atoms with Gasteiger partial charge in [-0.2, -0.15) is 0 Å². The minimum atomic E-state index is -1.09. The summed E-state index contributed by atoms with van der Waals surface area (Å²) in [5.74, 6) is -0.735. The molecule has 0 saturated heterocycles. The fraction of sp³-hybridized carbons (Fsp3) is 0.429. The minimum Gasteiger partial charge on any atom is -0.478 e. The van der Waals surface area contributed by atoms with E-state index in [2.05, 4.69) is 33.5 Å².